The number of aryl methyl sites for hydroxylation is 1. The van der Waals surface area contributed by atoms with Crippen molar-refractivity contribution in [2.24, 2.45) is 0 Å². The molecule has 1 N–H and O–H groups in total. The second kappa shape index (κ2) is 6.91. The van der Waals surface area contributed by atoms with E-state index in [1.165, 1.54) is 0 Å². The van der Waals surface area contributed by atoms with Gasteiger partial charge in [-0.15, -0.1) is 0 Å². The topological polar surface area (TPSA) is 51.2 Å². The normalized spacial score (nSPS) is 10.1. The van der Waals surface area contributed by atoms with Gasteiger partial charge in [-0.2, -0.15) is 0 Å². The van der Waals surface area contributed by atoms with Gasteiger partial charge in [-0.1, -0.05) is 23.7 Å². The van der Waals surface area contributed by atoms with Gasteiger partial charge in [-0.05, 0) is 36.8 Å². The van der Waals surface area contributed by atoms with Gasteiger partial charge in [0.25, 0.3) is 0 Å². The van der Waals surface area contributed by atoms with Crippen molar-refractivity contribution < 1.29 is 9.53 Å². The Morgan fingerprint density at radius 2 is 2.20 bits per heavy atom. The third kappa shape index (κ3) is 4.24. The molecule has 0 saturated carbocycles. The minimum absolute atomic E-state index is 0.160. The van der Waals surface area contributed by atoms with E-state index in [1.54, 1.807) is 18.3 Å². The second-order valence-electron chi connectivity index (χ2n) is 4.30. The maximum absolute atomic E-state index is 11.7. The Bertz CT molecular complexity index is 602. The smallest absolute Gasteiger partial charge is 0.227 e. The van der Waals surface area contributed by atoms with Crippen LogP contribution in [0, 0.1) is 6.92 Å². The summed E-state index contributed by atoms with van der Waals surface area (Å²) in [4.78, 5) is 15.6. The lowest BCUT2D eigenvalue weighted by molar-refractivity contribution is -0.116. The number of hydrogen-bond donors (Lipinski definition) is 1. The van der Waals surface area contributed by atoms with Crippen LogP contribution in [0.1, 0.15) is 12.0 Å². The SMILES string of the molecule is Cc1cccc(OCCC(=O)Nc2cccnc2Cl)c1. The molecular formula is C15H15ClN2O2. The lowest BCUT2D eigenvalue weighted by atomic mass is 10.2. The molecule has 1 heterocycles. The van der Waals surface area contributed by atoms with Gasteiger partial charge in [-0.3, -0.25) is 4.79 Å². The van der Waals surface area contributed by atoms with Crippen LogP contribution in [0.2, 0.25) is 5.15 Å². The van der Waals surface area contributed by atoms with Crippen LogP contribution in [0.15, 0.2) is 42.6 Å². The molecule has 4 nitrogen and oxygen atoms in total. The van der Waals surface area contributed by atoms with Crippen molar-refractivity contribution in [1.82, 2.24) is 4.98 Å². The average Bonchev–Trinajstić information content (AvgIpc) is 2.41. The van der Waals surface area contributed by atoms with Gasteiger partial charge in [0.1, 0.15) is 5.75 Å². The number of ether oxygens (including phenoxy) is 1. The highest BCUT2D eigenvalue weighted by Gasteiger charge is 2.06. The molecule has 0 aliphatic heterocycles. The molecule has 0 atom stereocenters. The van der Waals surface area contributed by atoms with Crippen molar-refractivity contribution >= 4 is 23.2 Å². The molecule has 0 unspecified atom stereocenters. The largest absolute Gasteiger partial charge is 0.493 e. The van der Waals surface area contributed by atoms with E-state index in [-0.39, 0.29) is 17.5 Å². The molecule has 104 valence electrons. The first-order valence-electron chi connectivity index (χ1n) is 6.25. The van der Waals surface area contributed by atoms with Gasteiger partial charge in [0.05, 0.1) is 18.7 Å². The number of pyridine rings is 1. The van der Waals surface area contributed by atoms with Gasteiger partial charge < -0.3 is 10.1 Å². The van der Waals surface area contributed by atoms with Crippen LogP contribution in [-0.2, 0) is 4.79 Å². The van der Waals surface area contributed by atoms with Crippen LogP contribution in [0.3, 0.4) is 0 Å². The summed E-state index contributed by atoms with van der Waals surface area (Å²) in [6, 6.07) is 11.1. The highest BCUT2D eigenvalue weighted by atomic mass is 35.5. The van der Waals surface area contributed by atoms with E-state index in [9.17, 15) is 4.79 Å². The minimum atomic E-state index is -0.160. The van der Waals surface area contributed by atoms with E-state index in [4.69, 9.17) is 16.3 Å². The molecular weight excluding hydrogens is 276 g/mol. The van der Waals surface area contributed by atoms with Crippen LogP contribution in [0.4, 0.5) is 5.69 Å². The fraction of sp³-hybridized carbons (Fsp3) is 0.200. The Morgan fingerprint density at radius 1 is 1.35 bits per heavy atom. The van der Waals surface area contributed by atoms with E-state index in [1.807, 2.05) is 31.2 Å². The van der Waals surface area contributed by atoms with Crippen molar-refractivity contribution in [3.8, 4) is 5.75 Å². The molecule has 0 saturated heterocycles. The number of hydrogen-bond acceptors (Lipinski definition) is 3. The van der Waals surface area contributed by atoms with Crippen molar-refractivity contribution in [1.29, 1.82) is 0 Å². The third-order valence-electron chi connectivity index (χ3n) is 2.62. The highest BCUT2D eigenvalue weighted by Crippen LogP contribution is 2.17. The predicted octanol–water partition coefficient (Wildman–Crippen LogP) is 3.45. The number of halogens is 1. The molecule has 2 aromatic rings. The van der Waals surface area contributed by atoms with Gasteiger partial charge in [0.2, 0.25) is 5.91 Å². The molecule has 1 amide bonds. The summed E-state index contributed by atoms with van der Waals surface area (Å²) < 4.78 is 5.52. The first-order chi connectivity index (χ1) is 9.65. The van der Waals surface area contributed by atoms with E-state index < -0.39 is 0 Å². The zero-order valence-corrected chi connectivity index (χ0v) is 11.9. The highest BCUT2D eigenvalue weighted by molar-refractivity contribution is 6.32. The monoisotopic (exact) mass is 290 g/mol. The summed E-state index contributed by atoms with van der Waals surface area (Å²) in [7, 11) is 0. The fourth-order valence-electron chi connectivity index (χ4n) is 1.66. The lowest BCUT2D eigenvalue weighted by Gasteiger charge is -2.08. The van der Waals surface area contributed by atoms with Crippen molar-refractivity contribution in [2.45, 2.75) is 13.3 Å². The van der Waals surface area contributed by atoms with Crippen LogP contribution < -0.4 is 10.1 Å². The minimum Gasteiger partial charge on any atom is -0.493 e. The number of carbonyl (C=O) groups excluding carboxylic acids is 1. The molecule has 0 bridgehead atoms. The number of anilines is 1. The molecule has 0 spiro atoms. The van der Waals surface area contributed by atoms with Gasteiger partial charge >= 0.3 is 0 Å². The predicted molar refractivity (Wildman–Crippen MR) is 79.2 cm³/mol. The molecule has 2 rings (SSSR count). The Morgan fingerprint density at radius 3 is 2.95 bits per heavy atom. The van der Waals surface area contributed by atoms with Gasteiger partial charge in [-0.25, -0.2) is 4.98 Å². The average molecular weight is 291 g/mol. The summed E-state index contributed by atoms with van der Waals surface area (Å²) >= 11 is 5.86. The first-order valence-corrected chi connectivity index (χ1v) is 6.63. The standard InChI is InChI=1S/C15H15ClN2O2/c1-11-4-2-5-12(10-11)20-9-7-14(19)18-13-6-3-8-17-15(13)16/h2-6,8,10H,7,9H2,1H3,(H,18,19). The summed E-state index contributed by atoms with van der Waals surface area (Å²) in [5, 5.41) is 2.97. The van der Waals surface area contributed by atoms with E-state index in [0.717, 1.165) is 11.3 Å². The van der Waals surface area contributed by atoms with Crippen molar-refractivity contribution in [3.05, 3.63) is 53.3 Å². The van der Waals surface area contributed by atoms with Crippen LogP contribution >= 0.6 is 11.6 Å². The molecule has 5 heteroatoms. The molecule has 20 heavy (non-hydrogen) atoms. The zero-order valence-electron chi connectivity index (χ0n) is 11.1. The number of aromatic nitrogens is 1. The van der Waals surface area contributed by atoms with Crippen LogP contribution in [0.25, 0.3) is 0 Å². The summed E-state index contributed by atoms with van der Waals surface area (Å²) in [6.45, 7) is 2.30. The lowest BCUT2D eigenvalue weighted by Crippen LogP contribution is -2.15. The first kappa shape index (κ1) is 14.3. The summed E-state index contributed by atoms with van der Waals surface area (Å²) in [6.07, 6.45) is 1.82. The Labute approximate surface area is 122 Å². The molecule has 0 aliphatic rings. The van der Waals surface area contributed by atoms with Gasteiger partial charge in [0, 0.05) is 6.20 Å². The Kier molecular flexibility index (Phi) is 4.96. The van der Waals surface area contributed by atoms with Crippen molar-refractivity contribution in [3.63, 3.8) is 0 Å². The maximum Gasteiger partial charge on any atom is 0.227 e. The second-order valence-corrected chi connectivity index (χ2v) is 4.66. The zero-order chi connectivity index (χ0) is 14.4. The van der Waals surface area contributed by atoms with E-state index in [2.05, 4.69) is 10.3 Å². The van der Waals surface area contributed by atoms with Gasteiger partial charge in [0.15, 0.2) is 5.15 Å². The third-order valence-corrected chi connectivity index (χ3v) is 2.92. The summed E-state index contributed by atoms with van der Waals surface area (Å²) in [5.41, 5.74) is 1.63. The van der Waals surface area contributed by atoms with Crippen LogP contribution in [0.5, 0.6) is 5.75 Å². The molecule has 0 aliphatic carbocycles. The fourth-order valence-corrected chi connectivity index (χ4v) is 1.83. The Hall–Kier alpha value is -2.07. The number of amides is 1. The summed E-state index contributed by atoms with van der Waals surface area (Å²) in [5.74, 6) is 0.602. The maximum atomic E-state index is 11.7. The number of rotatable bonds is 5. The van der Waals surface area contributed by atoms with Crippen LogP contribution in [-0.4, -0.2) is 17.5 Å². The van der Waals surface area contributed by atoms with E-state index >= 15 is 0 Å². The molecule has 1 aromatic heterocycles. The molecule has 1 aromatic carbocycles. The molecule has 0 radical (unpaired) electrons. The molecule has 0 fully saturated rings. The number of nitrogens with zero attached hydrogens (tertiary/aromatic N) is 1. The number of nitrogens with one attached hydrogen (secondary N) is 1. The van der Waals surface area contributed by atoms with Crippen molar-refractivity contribution in [2.75, 3.05) is 11.9 Å². The Balaban J connectivity index is 1.80. The quantitative estimate of drug-likeness (QED) is 0.858. The number of carbonyl (C=O) groups is 1. The van der Waals surface area contributed by atoms with E-state index in [0.29, 0.717) is 12.3 Å². The number of benzene rings is 1.